The van der Waals surface area contributed by atoms with Gasteiger partial charge in [0.25, 0.3) is 0 Å². The molecule has 2 atom stereocenters. The van der Waals surface area contributed by atoms with Gasteiger partial charge in [-0.15, -0.1) is 0 Å². The minimum absolute atomic E-state index is 0.142. The maximum Gasteiger partial charge on any atom is 0.419 e. The van der Waals surface area contributed by atoms with Gasteiger partial charge in [-0.25, -0.2) is 4.98 Å². The van der Waals surface area contributed by atoms with Crippen LogP contribution in [0.4, 0.5) is 19.0 Å². The quantitative estimate of drug-likeness (QED) is 0.550. The van der Waals surface area contributed by atoms with Gasteiger partial charge >= 0.3 is 6.18 Å². The molecule has 1 saturated heterocycles. The van der Waals surface area contributed by atoms with Crippen LogP contribution in [0.25, 0.3) is 0 Å². The Hall–Kier alpha value is -1.87. The number of rotatable bonds is 7. The van der Waals surface area contributed by atoms with Crippen molar-refractivity contribution in [2.24, 2.45) is 5.92 Å². The van der Waals surface area contributed by atoms with Gasteiger partial charge in [0, 0.05) is 31.8 Å². The van der Waals surface area contributed by atoms with Gasteiger partial charge in [-0.05, 0) is 18.6 Å². The van der Waals surface area contributed by atoms with Gasteiger partial charge in [0.15, 0.2) is 0 Å². The number of carbonyl (C=O) groups excluding carboxylic acids is 2. The SMILES string of the molecule is CC(CN1C(=O)CCC1=O)C(O)CCNc1ccc(C(F)(F)F)c(Cl)n1. The van der Waals surface area contributed by atoms with Gasteiger partial charge in [0.2, 0.25) is 11.8 Å². The summed E-state index contributed by atoms with van der Waals surface area (Å²) in [6, 6.07) is 1.99. The molecule has 0 radical (unpaired) electrons. The molecule has 26 heavy (non-hydrogen) atoms. The number of nitrogens with zero attached hydrogens (tertiary/aromatic N) is 2. The van der Waals surface area contributed by atoms with E-state index in [0.29, 0.717) is 0 Å². The van der Waals surface area contributed by atoms with Crippen molar-refractivity contribution in [1.29, 1.82) is 0 Å². The first-order valence-corrected chi connectivity index (χ1v) is 8.46. The Bertz CT molecular complexity index is 668. The summed E-state index contributed by atoms with van der Waals surface area (Å²) in [4.78, 5) is 28.0. The Morgan fingerprint density at radius 1 is 1.31 bits per heavy atom. The number of alkyl halides is 3. The van der Waals surface area contributed by atoms with Crippen LogP contribution in [0.1, 0.15) is 31.7 Å². The van der Waals surface area contributed by atoms with Gasteiger partial charge in [0.05, 0.1) is 11.7 Å². The zero-order valence-electron chi connectivity index (χ0n) is 14.0. The molecule has 0 spiro atoms. The Morgan fingerprint density at radius 3 is 2.46 bits per heavy atom. The molecule has 1 fully saturated rings. The predicted molar refractivity (Wildman–Crippen MR) is 88.5 cm³/mol. The Kier molecular flexibility index (Phi) is 6.46. The number of anilines is 1. The molecule has 1 aliphatic rings. The number of imide groups is 1. The Morgan fingerprint density at radius 2 is 1.92 bits per heavy atom. The van der Waals surface area contributed by atoms with Gasteiger partial charge < -0.3 is 10.4 Å². The third kappa shape index (κ3) is 5.07. The van der Waals surface area contributed by atoms with Crippen molar-refractivity contribution in [3.05, 3.63) is 22.8 Å². The van der Waals surface area contributed by atoms with E-state index in [0.717, 1.165) is 17.0 Å². The van der Waals surface area contributed by atoms with Crippen LogP contribution in [0.5, 0.6) is 0 Å². The average Bonchev–Trinajstić information content (AvgIpc) is 2.85. The highest BCUT2D eigenvalue weighted by Gasteiger charge is 2.34. The summed E-state index contributed by atoms with van der Waals surface area (Å²) in [6.45, 7) is 2.10. The first-order valence-electron chi connectivity index (χ1n) is 8.08. The Labute approximate surface area is 153 Å². The lowest BCUT2D eigenvalue weighted by Crippen LogP contribution is -2.37. The highest BCUT2D eigenvalue weighted by molar-refractivity contribution is 6.30. The van der Waals surface area contributed by atoms with Crippen LogP contribution in [0.3, 0.4) is 0 Å². The lowest BCUT2D eigenvalue weighted by atomic mass is 10.0. The molecule has 2 N–H and O–H groups in total. The van der Waals surface area contributed by atoms with Crippen LogP contribution in [-0.4, -0.2) is 46.0 Å². The standard InChI is InChI=1S/C16H19ClF3N3O3/c1-9(8-23-13(25)4-5-14(23)26)11(24)6-7-21-12-3-2-10(15(17)22-12)16(18,19)20/h2-3,9,11,24H,4-8H2,1H3,(H,21,22). The van der Waals surface area contributed by atoms with Crippen LogP contribution in [0, 0.1) is 5.92 Å². The van der Waals surface area contributed by atoms with Gasteiger partial charge in [0.1, 0.15) is 11.0 Å². The number of hydrogen-bond donors (Lipinski definition) is 2. The zero-order chi connectivity index (χ0) is 19.5. The highest BCUT2D eigenvalue weighted by Crippen LogP contribution is 2.34. The molecular weight excluding hydrogens is 375 g/mol. The van der Waals surface area contributed by atoms with Crippen LogP contribution < -0.4 is 5.32 Å². The first-order chi connectivity index (χ1) is 12.1. The van der Waals surface area contributed by atoms with Crippen LogP contribution in [0.15, 0.2) is 12.1 Å². The number of carbonyl (C=O) groups is 2. The predicted octanol–water partition coefficient (Wildman–Crippen LogP) is 2.70. The number of aliphatic hydroxyl groups is 1. The van der Waals surface area contributed by atoms with E-state index in [9.17, 15) is 27.9 Å². The lowest BCUT2D eigenvalue weighted by molar-refractivity contribution is -0.140. The maximum atomic E-state index is 12.6. The normalized spacial score (nSPS) is 17.5. The fourth-order valence-corrected chi connectivity index (χ4v) is 2.87. The van der Waals surface area contributed by atoms with Crippen molar-refractivity contribution < 1.29 is 27.9 Å². The summed E-state index contributed by atoms with van der Waals surface area (Å²) >= 11 is 5.54. The zero-order valence-corrected chi connectivity index (χ0v) is 14.8. The molecular formula is C16H19ClF3N3O3. The van der Waals surface area contributed by atoms with E-state index < -0.39 is 23.0 Å². The van der Waals surface area contributed by atoms with E-state index in [2.05, 4.69) is 10.3 Å². The topological polar surface area (TPSA) is 82.5 Å². The molecule has 6 nitrogen and oxygen atoms in total. The van der Waals surface area contributed by atoms with Crippen molar-refractivity contribution in [1.82, 2.24) is 9.88 Å². The average molecular weight is 394 g/mol. The summed E-state index contributed by atoms with van der Waals surface area (Å²) in [6.07, 6.45) is -4.71. The summed E-state index contributed by atoms with van der Waals surface area (Å²) in [5, 5.41) is 12.3. The minimum Gasteiger partial charge on any atom is -0.393 e. The molecule has 0 saturated carbocycles. The molecule has 0 aliphatic carbocycles. The molecule has 144 valence electrons. The smallest absolute Gasteiger partial charge is 0.393 e. The fraction of sp³-hybridized carbons (Fsp3) is 0.562. The van der Waals surface area contributed by atoms with Crippen LogP contribution >= 0.6 is 11.6 Å². The molecule has 0 bridgehead atoms. The molecule has 10 heteroatoms. The van der Waals surface area contributed by atoms with Crippen molar-refractivity contribution in [3.8, 4) is 0 Å². The van der Waals surface area contributed by atoms with E-state index in [-0.39, 0.29) is 55.9 Å². The van der Waals surface area contributed by atoms with E-state index in [1.807, 2.05) is 0 Å². The molecule has 0 aromatic carbocycles. The number of pyridine rings is 1. The van der Waals surface area contributed by atoms with Gasteiger partial charge in [-0.2, -0.15) is 13.2 Å². The number of halogens is 4. The van der Waals surface area contributed by atoms with Gasteiger partial charge in [-0.1, -0.05) is 18.5 Å². The van der Waals surface area contributed by atoms with E-state index in [1.54, 1.807) is 6.92 Å². The molecule has 1 aliphatic heterocycles. The fourth-order valence-electron chi connectivity index (χ4n) is 2.61. The third-order valence-electron chi connectivity index (χ3n) is 4.18. The van der Waals surface area contributed by atoms with Crippen LogP contribution in [-0.2, 0) is 15.8 Å². The van der Waals surface area contributed by atoms with E-state index in [1.165, 1.54) is 0 Å². The first kappa shape index (κ1) is 20.4. The minimum atomic E-state index is -4.57. The number of amides is 2. The molecule has 2 heterocycles. The largest absolute Gasteiger partial charge is 0.419 e. The number of aromatic nitrogens is 1. The summed E-state index contributed by atoms with van der Waals surface area (Å²) in [5.41, 5.74) is -1.02. The third-order valence-corrected chi connectivity index (χ3v) is 4.47. The highest BCUT2D eigenvalue weighted by atomic mass is 35.5. The van der Waals surface area contributed by atoms with Crippen molar-refractivity contribution in [2.45, 2.75) is 38.5 Å². The lowest BCUT2D eigenvalue weighted by Gasteiger charge is -2.23. The number of hydrogen-bond acceptors (Lipinski definition) is 5. The van der Waals surface area contributed by atoms with Crippen molar-refractivity contribution in [2.75, 3.05) is 18.4 Å². The second kappa shape index (κ2) is 8.22. The summed E-state index contributed by atoms with van der Waals surface area (Å²) in [5.74, 6) is -0.647. The molecule has 2 amide bonds. The second-order valence-electron chi connectivity index (χ2n) is 6.19. The van der Waals surface area contributed by atoms with Crippen molar-refractivity contribution >= 4 is 29.2 Å². The number of nitrogens with one attached hydrogen (secondary N) is 1. The maximum absolute atomic E-state index is 12.6. The Balaban J connectivity index is 1.82. The summed E-state index contributed by atoms with van der Waals surface area (Å²) in [7, 11) is 0. The van der Waals surface area contributed by atoms with Crippen LogP contribution in [0.2, 0.25) is 5.15 Å². The molecule has 2 unspecified atom stereocenters. The van der Waals surface area contributed by atoms with Crippen molar-refractivity contribution in [3.63, 3.8) is 0 Å². The number of aliphatic hydroxyl groups excluding tert-OH is 1. The molecule has 2 rings (SSSR count). The molecule has 1 aromatic heterocycles. The van der Waals surface area contributed by atoms with E-state index >= 15 is 0 Å². The number of likely N-dealkylation sites (tertiary alicyclic amines) is 1. The van der Waals surface area contributed by atoms with E-state index in [4.69, 9.17) is 11.6 Å². The second-order valence-corrected chi connectivity index (χ2v) is 6.55. The monoisotopic (exact) mass is 393 g/mol. The van der Waals surface area contributed by atoms with Gasteiger partial charge in [-0.3, -0.25) is 14.5 Å². The molecule has 1 aromatic rings. The summed E-state index contributed by atoms with van der Waals surface area (Å²) < 4.78 is 37.9.